The highest BCUT2D eigenvalue weighted by Crippen LogP contribution is 2.32. The molecule has 0 atom stereocenters. The van der Waals surface area contributed by atoms with Gasteiger partial charge in [-0.2, -0.15) is 0 Å². The van der Waals surface area contributed by atoms with Crippen molar-refractivity contribution >= 4 is 11.6 Å². The molecule has 1 aliphatic rings. The predicted octanol–water partition coefficient (Wildman–Crippen LogP) is 3.38. The van der Waals surface area contributed by atoms with E-state index in [1.54, 1.807) is 0 Å². The molecule has 0 heterocycles. The van der Waals surface area contributed by atoms with E-state index >= 15 is 0 Å². The summed E-state index contributed by atoms with van der Waals surface area (Å²) in [6.07, 6.45) is 5.81. The van der Waals surface area contributed by atoms with Gasteiger partial charge < -0.3 is 10.5 Å². The van der Waals surface area contributed by atoms with Gasteiger partial charge in [-0.25, -0.2) is 0 Å². The molecule has 2 nitrogen and oxygen atoms in total. The fourth-order valence-electron chi connectivity index (χ4n) is 2.32. The van der Waals surface area contributed by atoms with Gasteiger partial charge in [0.05, 0.1) is 0 Å². The monoisotopic (exact) mass is 239 g/mol. The Balaban J connectivity index is 2.11. The maximum atomic E-state index is 6.06. The lowest BCUT2D eigenvalue weighted by Crippen LogP contribution is -2.45. The molecule has 1 aromatic rings. The smallest absolute Gasteiger partial charge is 0.121 e. The fraction of sp³-hybridized carbons (Fsp3) is 0.538. The largest absolute Gasteiger partial charge is 0.486 e. The van der Waals surface area contributed by atoms with Crippen LogP contribution in [0.25, 0.3) is 0 Å². The first-order chi connectivity index (χ1) is 7.74. The van der Waals surface area contributed by atoms with Gasteiger partial charge in [-0.05, 0) is 43.9 Å². The third-order valence-electron chi connectivity index (χ3n) is 3.27. The zero-order valence-corrected chi connectivity index (χ0v) is 10.2. The fourth-order valence-corrected chi connectivity index (χ4v) is 2.50. The molecule has 0 aromatic heterocycles. The number of rotatable bonds is 3. The van der Waals surface area contributed by atoms with Gasteiger partial charge >= 0.3 is 0 Å². The third kappa shape index (κ3) is 2.69. The Kier molecular flexibility index (Phi) is 3.72. The Hall–Kier alpha value is -0.730. The van der Waals surface area contributed by atoms with Crippen molar-refractivity contribution in [2.24, 2.45) is 5.73 Å². The first-order valence-electron chi connectivity index (χ1n) is 5.89. The molecule has 0 bridgehead atoms. The van der Waals surface area contributed by atoms with Crippen LogP contribution in [0.15, 0.2) is 24.3 Å². The van der Waals surface area contributed by atoms with Gasteiger partial charge in [0.1, 0.15) is 11.4 Å². The summed E-state index contributed by atoms with van der Waals surface area (Å²) in [6.45, 7) is 0.583. The predicted molar refractivity (Wildman–Crippen MR) is 67.0 cm³/mol. The van der Waals surface area contributed by atoms with E-state index in [0.29, 0.717) is 11.6 Å². The summed E-state index contributed by atoms with van der Waals surface area (Å²) in [4.78, 5) is 0. The maximum absolute atomic E-state index is 6.06. The van der Waals surface area contributed by atoms with Gasteiger partial charge in [0.25, 0.3) is 0 Å². The van der Waals surface area contributed by atoms with Crippen molar-refractivity contribution in [2.75, 3.05) is 6.54 Å². The highest BCUT2D eigenvalue weighted by atomic mass is 35.5. The van der Waals surface area contributed by atoms with Crippen LogP contribution >= 0.6 is 11.6 Å². The Labute approximate surface area is 102 Å². The van der Waals surface area contributed by atoms with Crippen LogP contribution in [0.2, 0.25) is 5.02 Å². The van der Waals surface area contributed by atoms with Gasteiger partial charge in [0.15, 0.2) is 0 Å². The summed E-state index contributed by atoms with van der Waals surface area (Å²) in [5.74, 6) is 0.833. The lowest BCUT2D eigenvalue weighted by molar-refractivity contribution is 0.0387. The molecule has 0 amide bonds. The first kappa shape index (κ1) is 11.7. The van der Waals surface area contributed by atoms with Crippen molar-refractivity contribution < 1.29 is 4.74 Å². The lowest BCUT2D eigenvalue weighted by atomic mass is 9.84. The minimum absolute atomic E-state index is 0.164. The van der Waals surface area contributed by atoms with Gasteiger partial charge in [-0.3, -0.25) is 0 Å². The van der Waals surface area contributed by atoms with Crippen molar-refractivity contribution in [3.63, 3.8) is 0 Å². The number of ether oxygens (including phenoxy) is 1. The summed E-state index contributed by atoms with van der Waals surface area (Å²) in [6, 6.07) is 7.56. The van der Waals surface area contributed by atoms with Crippen molar-refractivity contribution in [3.05, 3.63) is 29.3 Å². The van der Waals surface area contributed by atoms with Crippen molar-refractivity contribution in [2.45, 2.75) is 37.7 Å². The Morgan fingerprint density at radius 3 is 2.62 bits per heavy atom. The molecule has 0 saturated heterocycles. The second kappa shape index (κ2) is 5.07. The van der Waals surface area contributed by atoms with E-state index in [0.717, 1.165) is 18.6 Å². The van der Waals surface area contributed by atoms with Crippen LogP contribution in [0.5, 0.6) is 5.75 Å². The SMILES string of the molecule is NCC1(Oc2cccc(Cl)c2)CCCCC1. The van der Waals surface area contributed by atoms with E-state index in [-0.39, 0.29) is 5.60 Å². The van der Waals surface area contributed by atoms with Crippen LogP contribution in [0, 0.1) is 0 Å². The number of halogens is 1. The molecule has 1 aliphatic carbocycles. The Morgan fingerprint density at radius 2 is 2.00 bits per heavy atom. The molecule has 1 saturated carbocycles. The lowest BCUT2D eigenvalue weighted by Gasteiger charge is -2.36. The summed E-state index contributed by atoms with van der Waals surface area (Å²) in [5.41, 5.74) is 5.70. The van der Waals surface area contributed by atoms with Crippen LogP contribution in [0.3, 0.4) is 0 Å². The Bertz CT molecular complexity index is 348. The molecule has 2 N–H and O–H groups in total. The zero-order valence-electron chi connectivity index (χ0n) is 9.42. The number of nitrogens with two attached hydrogens (primary N) is 1. The van der Waals surface area contributed by atoms with E-state index in [2.05, 4.69) is 0 Å². The molecule has 0 radical (unpaired) electrons. The second-order valence-electron chi connectivity index (χ2n) is 4.51. The minimum atomic E-state index is -0.164. The van der Waals surface area contributed by atoms with Crippen molar-refractivity contribution in [1.82, 2.24) is 0 Å². The summed E-state index contributed by atoms with van der Waals surface area (Å²) in [5, 5.41) is 0.709. The minimum Gasteiger partial charge on any atom is -0.486 e. The summed E-state index contributed by atoms with van der Waals surface area (Å²) < 4.78 is 6.06. The molecule has 0 unspecified atom stereocenters. The van der Waals surface area contributed by atoms with E-state index in [4.69, 9.17) is 22.1 Å². The van der Waals surface area contributed by atoms with Crippen LogP contribution < -0.4 is 10.5 Å². The molecule has 0 aliphatic heterocycles. The maximum Gasteiger partial charge on any atom is 0.121 e. The van der Waals surface area contributed by atoms with Crippen molar-refractivity contribution in [1.29, 1.82) is 0 Å². The molecule has 16 heavy (non-hydrogen) atoms. The molecule has 2 rings (SSSR count). The standard InChI is InChI=1S/C13H18ClNO/c14-11-5-4-6-12(9-11)16-13(10-15)7-2-1-3-8-13/h4-6,9H,1-3,7-8,10,15H2. The topological polar surface area (TPSA) is 35.2 Å². The van der Waals surface area contributed by atoms with Gasteiger partial charge in [0, 0.05) is 11.6 Å². The third-order valence-corrected chi connectivity index (χ3v) is 3.50. The van der Waals surface area contributed by atoms with E-state index in [1.807, 2.05) is 24.3 Å². The molecule has 1 fully saturated rings. The summed E-state index contributed by atoms with van der Waals surface area (Å²) in [7, 11) is 0. The van der Waals surface area contributed by atoms with Gasteiger partial charge in [0.2, 0.25) is 0 Å². The van der Waals surface area contributed by atoms with Crippen LogP contribution in [0.1, 0.15) is 32.1 Å². The van der Waals surface area contributed by atoms with Crippen LogP contribution in [-0.4, -0.2) is 12.1 Å². The second-order valence-corrected chi connectivity index (χ2v) is 4.94. The molecule has 3 heteroatoms. The highest BCUT2D eigenvalue weighted by molar-refractivity contribution is 6.30. The van der Waals surface area contributed by atoms with Crippen molar-refractivity contribution in [3.8, 4) is 5.75 Å². The normalized spacial score (nSPS) is 19.4. The average Bonchev–Trinajstić information content (AvgIpc) is 2.30. The van der Waals surface area contributed by atoms with E-state index < -0.39 is 0 Å². The number of benzene rings is 1. The molecule has 0 spiro atoms. The number of hydrogen-bond donors (Lipinski definition) is 1. The van der Waals surface area contributed by atoms with E-state index in [9.17, 15) is 0 Å². The number of hydrogen-bond acceptors (Lipinski definition) is 2. The molecule has 88 valence electrons. The first-order valence-corrected chi connectivity index (χ1v) is 6.27. The highest BCUT2D eigenvalue weighted by Gasteiger charge is 2.32. The molecular weight excluding hydrogens is 222 g/mol. The van der Waals surface area contributed by atoms with Gasteiger partial charge in [-0.15, -0.1) is 0 Å². The van der Waals surface area contributed by atoms with Gasteiger partial charge in [-0.1, -0.05) is 24.1 Å². The molecular formula is C13H18ClNO. The quantitative estimate of drug-likeness (QED) is 0.878. The Morgan fingerprint density at radius 1 is 1.25 bits per heavy atom. The van der Waals surface area contributed by atoms with Crippen LogP contribution in [0.4, 0.5) is 0 Å². The van der Waals surface area contributed by atoms with E-state index in [1.165, 1.54) is 19.3 Å². The van der Waals surface area contributed by atoms with Crippen LogP contribution in [-0.2, 0) is 0 Å². The zero-order chi connectivity index (χ0) is 11.4. The average molecular weight is 240 g/mol. The summed E-state index contributed by atoms with van der Waals surface area (Å²) >= 11 is 5.94. The molecule has 1 aromatic carbocycles.